The minimum absolute atomic E-state index is 0.920. The van der Waals surface area contributed by atoms with Crippen LogP contribution in [0.4, 0.5) is 0 Å². The molecule has 0 saturated carbocycles. The van der Waals surface area contributed by atoms with E-state index in [1.807, 2.05) is 24.3 Å². The highest BCUT2D eigenvalue weighted by Crippen LogP contribution is 1.89. The maximum absolute atomic E-state index is 3.70. The Morgan fingerprint density at radius 1 is 1.29 bits per heavy atom. The van der Waals surface area contributed by atoms with Crippen LogP contribution < -0.4 is 4.42 Å². The van der Waals surface area contributed by atoms with E-state index in [0.29, 0.717) is 0 Å². The summed E-state index contributed by atoms with van der Waals surface area (Å²) in [7, 11) is 3.70. The molecule has 0 radical (unpaired) electrons. The zero-order valence-electron chi connectivity index (χ0n) is 3.70. The highest BCUT2D eigenvalue weighted by molar-refractivity contribution is 7.03. The smallest absolute Gasteiger partial charge is 0.278 e. The lowest BCUT2D eigenvalue weighted by molar-refractivity contribution is 1.78. The van der Waals surface area contributed by atoms with Crippen molar-refractivity contribution in [2.45, 2.75) is 0 Å². The first-order valence-electron chi connectivity index (χ1n) is 2.00. The summed E-state index contributed by atoms with van der Waals surface area (Å²) in [6.07, 6.45) is 7.64. The number of allylic oxidation sites excluding steroid dienone is 4. The molecule has 34 valence electrons. The average Bonchev–Trinajstić information content (AvgIpc) is 2.14. The Bertz CT molecular complexity index is 159. The Labute approximate surface area is 44.4 Å². The van der Waals surface area contributed by atoms with Crippen LogP contribution in [0, 0.1) is 0 Å². The molecule has 0 atom stereocenters. The van der Waals surface area contributed by atoms with Crippen LogP contribution in [-0.4, -0.2) is 5.71 Å². The van der Waals surface area contributed by atoms with Gasteiger partial charge in [0.15, 0.2) is 0 Å². The summed E-state index contributed by atoms with van der Waals surface area (Å²) >= 11 is 0. The fourth-order valence-corrected chi connectivity index (χ4v) is 0.564. The Morgan fingerprint density at radius 2 is 1.86 bits per heavy atom. The Balaban J connectivity index is 3.00. The first-order valence-corrected chi connectivity index (χ1v) is 2.40. The van der Waals surface area contributed by atoms with Crippen molar-refractivity contribution in [2.75, 3.05) is 0 Å². The molecule has 0 aromatic carbocycles. The van der Waals surface area contributed by atoms with Gasteiger partial charge < -0.3 is 4.42 Å². The second-order valence-electron chi connectivity index (χ2n) is 1.24. The van der Waals surface area contributed by atoms with Gasteiger partial charge >= 0.3 is 0 Å². The van der Waals surface area contributed by atoms with Crippen LogP contribution >= 0.6 is 9.03 Å². The van der Waals surface area contributed by atoms with Crippen LogP contribution in [-0.2, 0) is 0 Å². The van der Waals surface area contributed by atoms with Gasteiger partial charge in [0, 0.05) is 12.2 Å². The zero-order chi connectivity index (χ0) is 5.11. The topological polar surface area (TPSA) is 14.1 Å². The molecule has 0 amide bonds. The van der Waals surface area contributed by atoms with Crippen molar-refractivity contribution < 1.29 is 0 Å². The second kappa shape index (κ2) is 1.88. The van der Waals surface area contributed by atoms with Gasteiger partial charge in [-0.1, -0.05) is 12.2 Å². The Kier molecular flexibility index (Phi) is 1.21. The van der Waals surface area contributed by atoms with Crippen molar-refractivity contribution >= 4 is 14.7 Å². The summed E-state index contributed by atoms with van der Waals surface area (Å²) < 4.78 is 3.62. The molecule has 7 heavy (non-hydrogen) atoms. The van der Waals surface area contributed by atoms with Gasteiger partial charge in [0.05, 0.1) is 0 Å². The average molecular weight is 109 g/mol. The lowest BCUT2D eigenvalue weighted by atomic mass is 10.4. The van der Waals surface area contributed by atoms with Gasteiger partial charge in [-0.3, -0.25) is 0 Å². The van der Waals surface area contributed by atoms with E-state index >= 15 is 0 Å². The molecule has 1 aliphatic rings. The van der Waals surface area contributed by atoms with E-state index in [9.17, 15) is 0 Å². The lowest BCUT2D eigenvalue weighted by Gasteiger charge is -1.62. The minimum Gasteiger partial charge on any atom is -0.308 e. The number of hydrogen-bond acceptors (Lipinski definition) is 0. The van der Waals surface area contributed by atoms with Crippen LogP contribution in [0.1, 0.15) is 0 Å². The van der Waals surface area contributed by atoms with Crippen molar-refractivity contribution in [1.29, 1.82) is 0 Å². The monoisotopic (exact) mass is 109 g/mol. The normalized spacial score (nSPS) is 15.1. The summed E-state index contributed by atoms with van der Waals surface area (Å²) in [6.45, 7) is 0. The van der Waals surface area contributed by atoms with Crippen molar-refractivity contribution in [1.82, 2.24) is 4.42 Å². The molecule has 1 nitrogen and oxygen atoms in total. The van der Waals surface area contributed by atoms with E-state index in [1.165, 1.54) is 0 Å². The molecule has 1 aliphatic carbocycles. The molecule has 0 fully saturated rings. The Morgan fingerprint density at radius 3 is 2.14 bits per heavy atom. The van der Waals surface area contributed by atoms with Crippen molar-refractivity contribution in [3.63, 3.8) is 0 Å². The Hall–Kier alpha value is -0.640. The van der Waals surface area contributed by atoms with Crippen LogP contribution in [0.2, 0.25) is 0 Å². The van der Waals surface area contributed by atoms with Crippen LogP contribution in [0.15, 0.2) is 24.3 Å². The number of nitrogens with zero attached hydrogens (tertiary/aromatic N) is 1. The summed E-state index contributed by atoms with van der Waals surface area (Å²) in [4.78, 5) is 0. The first-order chi connectivity index (χ1) is 3.43. The van der Waals surface area contributed by atoms with E-state index in [4.69, 9.17) is 0 Å². The van der Waals surface area contributed by atoms with E-state index < -0.39 is 0 Å². The molecule has 0 aliphatic heterocycles. The van der Waals surface area contributed by atoms with E-state index in [1.54, 1.807) is 0 Å². The fourth-order valence-electron chi connectivity index (χ4n) is 0.431. The van der Waals surface area contributed by atoms with Gasteiger partial charge in [-0.2, -0.15) is 9.03 Å². The van der Waals surface area contributed by atoms with Gasteiger partial charge in [0.2, 0.25) is 0 Å². The third kappa shape index (κ3) is 0.866. The zero-order valence-corrected chi connectivity index (χ0v) is 4.60. The highest BCUT2D eigenvalue weighted by atomic mass is 31.0. The van der Waals surface area contributed by atoms with E-state index in [0.717, 1.165) is 5.71 Å². The van der Waals surface area contributed by atoms with Gasteiger partial charge in [0.25, 0.3) is 5.71 Å². The van der Waals surface area contributed by atoms with Gasteiger partial charge in [-0.05, 0) is 0 Å². The van der Waals surface area contributed by atoms with Crippen LogP contribution in [0.5, 0.6) is 0 Å². The molecule has 0 heterocycles. The van der Waals surface area contributed by atoms with Gasteiger partial charge in [-0.15, -0.1) is 0 Å². The fraction of sp³-hybridized carbons (Fsp3) is 0. The SMILES string of the molecule is [P-]=[N+]=C1C=CC=C1. The highest BCUT2D eigenvalue weighted by Gasteiger charge is 1.94. The van der Waals surface area contributed by atoms with E-state index in [2.05, 4.69) is 13.5 Å². The predicted molar refractivity (Wildman–Crippen MR) is 32.3 cm³/mol. The standard InChI is InChI=1S/C5H4NP/c7-6-5-3-1-2-4-5/h1-4H. The summed E-state index contributed by atoms with van der Waals surface area (Å²) in [5.41, 5.74) is 0.920. The van der Waals surface area contributed by atoms with Crippen LogP contribution in [0.25, 0.3) is 0 Å². The van der Waals surface area contributed by atoms with Crippen molar-refractivity contribution in [3.05, 3.63) is 24.3 Å². The predicted octanol–water partition coefficient (Wildman–Crippen LogP) is 1.21. The van der Waals surface area contributed by atoms with Crippen molar-refractivity contribution in [3.8, 4) is 0 Å². The number of rotatable bonds is 0. The molecular weight excluding hydrogens is 105 g/mol. The van der Waals surface area contributed by atoms with Gasteiger partial charge in [-0.25, -0.2) is 0 Å². The van der Waals surface area contributed by atoms with Crippen molar-refractivity contribution in [2.24, 2.45) is 0 Å². The molecule has 2 heteroatoms. The second-order valence-corrected chi connectivity index (χ2v) is 1.44. The molecule has 0 N–H and O–H groups in total. The third-order valence-electron chi connectivity index (χ3n) is 0.761. The van der Waals surface area contributed by atoms with E-state index in [-0.39, 0.29) is 0 Å². The quantitative estimate of drug-likeness (QED) is 0.328. The molecule has 0 unspecified atom stereocenters. The lowest BCUT2D eigenvalue weighted by Crippen LogP contribution is -1.82. The van der Waals surface area contributed by atoms with Gasteiger partial charge in [0.1, 0.15) is 0 Å². The summed E-state index contributed by atoms with van der Waals surface area (Å²) in [6, 6.07) is 0. The van der Waals surface area contributed by atoms with Crippen LogP contribution in [0.3, 0.4) is 0 Å². The molecule has 1 rings (SSSR count). The molecule has 0 aromatic rings. The maximum Gasteiger partial charge on any atom is 0.278 e. The largest absolute Gasteiger partial charge is 0.308 e. The summed E-state index contributed by atoms with van der Waals surface area (Å²) in [5, 5.41) is 0. The third-order valence-corrected chi connectivity index (χ3v) is 0.991. The molecule has 0 aromatic heterocycles. The molecule has 0 bridgehead atoms. The first kappa shape index (κ1) is 4.52. The maximum atomic E-state index is 3.70. The minimum atomic E-state index is 0.920. The molecule has 0 saturated heterocycles. The summed E-state index contributed by atoms with van der Waals surface area (Å²) in [5.74, 6) is 0. The number of hydrogen-bond donors (Lipinski definition) is 0. The molecular formula is C5H4NP. The molecule has 0 spiro atoms.